The van der Waals surface area contributed by atoms with Gasteiger partial charge in [-0.15, -0.1) is 11.8 Å². The highest BCUT2D eigenvalue weighted by atomic mass is 32.2. The molecule has 0 N–H and O–H groups in total. The van der Waals surface area contributed by atoms with Gasteiger partial charge < -0.3 is 0 Å². The van der Waals surface area contributed by atoms with Crippen molar-refractivity contribution in [3.8, 4) is 0 Å². The lowest BCUT2D eigenvalue weighted by molar-refractivity contribution is -0.126. The molecule has 1 heterocycles. The van der Waals surface area contributed by atoms with Gasteiger partial charge in [-0.25, -0.2) is 4.39 Å². The van der Waals surface area contributed by atoms with Crippen molar-refractivity contribution in [2.75, 3.05) is 19.3 Å². The number of benzene rings is 2. The number of likely N-dealkylation sites (tertiary alicyclic amines) is 1. The van der Waals surface area contributed by atoms with Gasteiger partial charge in [0, 0.05) is 35.5 Å². The molecule has 0 amide bonds. The maximum atomic E-state index is 13.1. The number of nitrogens with zero attached hydrogens (tertiary/aromatic N) is 1. The summed E-state index contributed by atoms with van der Waals surface area (Å²) in [7, 11) is 0. The quantitative estimate of drug-likeness (QED) is 0.556. The number of ketones is 1. The van der Waals surface area contributed by atoms with Crippen molar-refractivity contribution in [3.05, 3.63) is 71.0 Å². The molecule has 1 saturated heterocycles. The number of carbonyl (C=O) groups excluding carboxylic acids is 1. The van der Waals surface area contributed by atoms with Crippen LogP contribution in [0.5, 0.6) is 0 Å². The second kappa shape index (κ2) is 7.77. The number of rotatable bonds is 4. The van der Waals surface area contributed by atoms with E-state index in [1.807, 2.05) is 38.3 Å². The summed E-state index contributed by atoms with van der Waals surface area (Å²) in [4.78, 5) is 16.3. The van der Waals surface area contributed by atoms with Crippen molar-refractivity contribution < 1.29 is 9.18 Å². The Balaban J connectivity index is 1.82. The Morgan fingerprint density at radius 2 is 1.77 bits per heavy atom. The van der Waals surface area contributed by atoms with E-state index in [4.69, 9.17) is 0 Å². The van der Waals surface area contributed by atoms with Crippen LogP contribution in [0.25, 0.3) is 6.08 Å². The van der Waals surface area contributed by atoms with Crippen molar-refractivity contribution in [1.29, 1.82) is 0 Å². The third-order valence-electron chi connectivity index (χ3n) is 4.70. The topological polar surface area (TPSA) is 20.3 Å². The van der Waals surface area contributed by atoms with E-state index in [1.165, 1.54) is 17.0 Å². The first-order valence-electron chi connectivity index (χ1n) is 8.73. The average molecular weight is 370 g/mol. The molecule has 0 spiro atoms. The van der Waals surface area contributed by atoms with Crippen LogP contribution in [0.4, 0.5) is 4.39 Å². The minimum absolute atomic E-state index is 0.210. The Hall–Kier alpha value is -1.91. The van der Waals surface area contributed by atoms with E-state index in [9.17, 15) is 9.18 Å². The molecule has 2 nitrogen and oxygen atoms in total. The van der Waals surface area contributed by atoms with Gasteiger partial charge in [0.05, 0.1) is 0 Å². The summed E-state index contributed by atoms with van der Waals surface area (Å²) in [5, 5.41) is 0. The maximum Gasteiger partial charge on any atom is 0.167 e. The number of Topliss-reactive ketones (excluding diaryl/α,β-unsaturated/α-hetero) is 1. The Morgan fingerprint density at radius 1 is 1.12 bits per heavy atom. The third kappa shape index (κ3) is 4.43. The second-order valence-electron chi connectivity index (χ2n) is 7.43. The SMILES string of the molecule is CSc1ccc(C=C2CN(Cc3ccc(F)cc3)CC(C)(C)C2=O)cc1. The molecule has 2 aromatic rings. The van der Waals surface area contributed by atoms with Gasteiger partial charge in [-0.1, -0.05) is 38.1 Å². The van der Waals surface area contributed by atoms with E-state index >= 15 is 0 Å². The van der Waals surface area contributed by atoms with Crippen molar-refractivity contribution >= 4 is 23.6 Å². The van der Waals surface area contributed by atoms with Gasteiger partial charge in [0.2, 0.25) is 0 Å². The molecule has 3 rings (SSSR count). The molecule has 0 atom stereocenters. The normalized spacial score (nSPS) is 19.1. The van der Waals surface area contributed by atoms with E-state index in [-0.39, 0.29) is 11.6 Å². The molecule has 0 bridgehead atoms. The molecule has 0 aliphatic carbocycles. The van der Waals surface area contributed by atoms with Crippen LogP contribution >= 0.6 is 11.8 Å². The average Bonchev–Trinajstić information content (AvgIpc) is 2.61. The van der Waals surface area contributed by atoms with E-state index in [0.29, 0.717) is 19.6 Å². The lowest BCUT2D eigenvalue weighted by Crippen LogP contribution is -2.47. The summed E-state index contributed by atoms with van der Waals surface area (Å²) in [6, 6.07) is 14.8. The molecule has 0 aromatic heterocycles. The molecule has 1 aliphatic rings. The summed E-state index contributed by atoms with van der Waals surface area (Å²) >= 11 is 1.70. The minimum Gasteiger partial charge on any atom is -0.294 e. The molecule has 4 heteroatoms. The van der Waals surface area contributed by atoms with Gasteiger partial charge in [0.15, 0.2) is 5.78 Å². The highest BCUT2D eigenvalue weighted by molar-refractivity contribution is 7.98. The summed E-state index contributed by atoms with van der Waals surface area (Å²) < 4.78 is 13.1. The highest BCUT2D eigenvalue weighted by Crippen LogP contribution is 2.30. The van der Waals surface area contributed by atoms with Gasteiger partial charge in [-0.3, -0.25) is 9.69 Å². The van der Waals surface area contributed by atoms with Gasteiger partial charge in [0.1, 0.15) is 5.82 Å². The molecule has 0 saturated carbocycles. The predicted octanol–water partition coefficient (Wildman–Crippen LogP) is 5.04. The lowest BCUT2D eigenvalue weighted by atomic mass is 9.79. The zero-order chi connectivity index (χ0) is 18.7. The number of thioether (sulfide) groups is 1. The first-order chi connectivity index (χ1) is 12.4. The van der Waals surface area contributed by atoms with Crippen molar-refractivity contribution in [3.63, 3.8) is 0 Å². The number of hydrogen-bond donors (Lipinski definition) is 0. The third-order valence-corrected chi connectivity index (χ3v) is 5.44. The standard InChI is InChI=1S/C22H24FNOS/c1-22(2)15-24(13-17-4-8-19(23)9-5-17)14-18(21(22)25)12-16-6-10-20(26-3)11-7-16/h4-12H,13-15H2,1-3H3. The van der Waals surface area contributed by atoms with Crippen molar-refractivity contribution in [2.24, 2.45) is 5.41 Å². The van der Waals surface area contributed by atoms with E-state index in [1.54, 1.807) is 11.8 Å². The van der Waals surface area contributed by atoms with Gasteiger partial charge in [-0.2, -0.15) is 0 Å². The minimum atomic E-state index is -0.427. The van der Waals surface area contributed by atoms with Crippen LogP contribution in [0, 0.1) is 11.2 Å². The molecule has 1 aliphatic heterocycles. The zero-order valence-corrected chi connectivity index (χ0v) is 16.3. The van der Waals surface area contributed by atoms with Crippen LogP contribution in [0.1, 0.15) is 25.0 Å². The number of carbonyl (C=O) groups is 1. The summed E-state index contributed by atoms with van der Waals surface area (Å²) in [6.07, 6.45) is 4.05. The second-order valence-corrected chi connectivity index (χ2v) is 8.31. The molecule has 0 unspecified atom stereocenters. The van der Waals surface area contributed by atoms with Crippen LogP contribution in [0.2, 0.25) is 0 Å². The van der Waals surface area contributed by atoms with E-state index in [0.717, 1.165) is 16.7 Å². The van der Waals surface area contributed by atoms with E-state index in [2.05, 4.69) is 29.2 Å². The van der Waals surface area contributed by atoms with Crippen LogP contribution in [-0.4, -0.2) is 30.0 Å². The number of hydrogen-bond acceptors (Lipinski definition) is 3. The predicted molar refractivity (Wildman–Crippen MR) is 107 cm³/mol. The van der Waals surface area contributed by atoms with Crippen LogP contribution in [0.3, 0.4) is 0 Å². The smallest absolute Gasteiger partial charge is 0.167 e. The molecule has 0 radical (unpaired) electrons. The Bertz CT molecular complexity index is 809. The molecular formula is C22H24FNOS. The highest BCUT2D eigenvalue weighted by Gasteiger charge is 2.37. The Labute approximate surface area is 159 Å². The Kier molecular flexibility index (Phi) is 5.64. The Morgan fingerprint density at radius 3 is 2.38 bits per heavy atom. The molecule has 1 fully saturated rings. The largest absolute Gasteiger partial charge is 0.294 e. The van der Waals surface area contributed by atoms with Gasteiger partial charge >= 0.3 is 0 Å². The first-order valence-corrected chi connectivity index (χ1v) is 9.96. The van der Waals surface area contributed by atoms with E-state index < -0.39 is 5.41 Å². The summed E-state index contributed by atoms with van der Waals surface area (Å²) in [5.74, 6) is -0.0148. The summed E-state index contributed by atoms with van der Waals surface area (Å²) in [6.45, 7) is 6.02. The molecule has 2 aromatic carbocycles. The van der Waals surface area contributed by atoms with Crippen molar-refractivity contribution in [2.45, 2.75) is 25.3 Å². The fourth-order valence-electron chi connectivity index (χ4n) is 3.41. The van der Waals surface area contributed by atoms with Crippen molar-refractivity contribution in [1.82, 2.24) is 4.90 Å². The zero-order valence-electron chi connectivity index (χ0n) is 15.5. The molecule has 136 valence electrons. The fourth-order valence-corrected chi connectivity index (χ4v) is 3.81. The fraction of sp³-hybridized carbons (Fsp3) is 0.318. The van der Waals surface area contributed by atoms with Crippen LogP contribution in [0.15, 0.2) is 59.0 Å². The number of piperidine rings is 1. The van der Waals surface area contributed by atoms with Crippen LogP contribution < -0.4 is 0 Å². The maximum absolute atomic E-state index is 13.1. The summed E-state index contributed by atoms with van der Waals surface area (Å²) in [5.41, 5.74) is 2.51. The first kappa shape index (κ1) is 18.9. The van der Waals surface area contributed by atoms with Gasteiger partial charge in [0.25, 0.3) is 0 Å². The lowest BCUT2D eigenvalue weighted by Gasteiger charge is -2.38. The monoisotopic (exact) mass is 369 g/mol. The molecular weight excluding hydrogens is 345 g/mol. The number of halogens is 1. The molecule has 26 heavy (non-hydrogen) atoms. The van der Waals surface area contributed by atoms with Crippen LogP contribution in [-0.2, 0) is 11.3 Å². The van der Waals surface area contributed by atoms with Gasteiger partial charge in [-0.05, 0) is 47.7 Å².